The second-order valence-corrected chi connectivity index (χ2v) is 2.95. The van der Waals surface area contributed by atoms with Crippen molar-refractivity contribution in [3.63, 3.8) is 0 Å². The minimum atomic E-state index is 0.586. The van der Waals surface area contributed by atoms with E-state index in [2.05, 4.69) is 4.99 Å². The van der Waals surface area contributed by atoms with Gasteiger partial charge in [-0.15, -0.1) is 0 Å². The third kappa shape index (κ3) is 2.26. The molecule has 0 spiro atoms. The highest BCUT2D eigenvalue weighted by Crippen LogP contribution is 2.13. The molecule has 0 radical (unpaired) electrons. The van der Waals surface area contributed by atoms with Crippen LogP contribution in [0.3, 0.4) is 0 Å². The summed E-state index contributed by atoms with van der Waals surface area (Å²) in [6.45, 7) is 0. The molecule has 0 atom stereocenters. The Kier molecular flexibility index (Phi) is 2.83. The van der Waals surface area contributed by atoms with Crippen LogP contribution in [0.25, 0.3) is 0 Å². The Morgan fingerprint density at radius 2 is 1.93 bits per heavy atom. The van der Waals surface area contributed by atoms with E-state index in [0.717, 1.165) is 11.3 Å². The Morgan fingerprint density at radius 3 is 2.67 bits per heavy atom. The van der Waals surface area contributed by atoms with E-state index < -0.39 is 0 Å². The van der Waals surface area contributed by atoms with Crippen LogP contribution in [0.15, 0.2) is 53.9 Å². The predicted molar refractivity (Wildman–Crippen MR) is 58.9 cm³/mol. The number of allylic oxidation sites excluding steroid dienone is 2. The first-order valence-corrected chi connectivity index (χ1v) is 4.61. The van der Waals surface area contributed by atoms with Crippen LogP contribution in [0.2, 0.25) is 0 Å². The summed E-state index contributed by atoms with van der Waals surface area (Å²) in [7, 11) is 1.64. The fourth-order valence-corrected chi connectivity index (χ4v) is 1.22. The molecule has 15 heavy (non-hydrogen) atoms. The zero-order valence-electron chi connectivity index (χ0n) is 8.38. The van der Waals surface area contributed by atoms with Crippen LogP contribution in [0.5, 0.6) is 5.75 Å². The van der Waals surface area contributed by atoms with E-state index in [9.17, 15) is 0 Å². The second kappa shape index (κ2) is 4.46. The summed E-state index contributed by atoms with van der Waals surface area (Å²) in [5.74, 6) is 1.40. The lowest BCUT2D eigenvalue weighted by atomic mass is 10.2. The first-order valence-electron chi connectivity index (χ1n) is 4.61. The van der Waals surface area contributed by atoms with E-state index in [4.69, 9.17) is 9.47 Å². The SMILES string of the molecule is COc1ccc(C2=NC=CC=CO2)cc1. The quantitative estimate of drug-likeness (QED) is 0.736. The summed E-state index contributed by atoms with van der Waals surface area (Å²) in [6, 6.07) is 7.56. The molecule has 1 aromatic carbocycles. The number of nitrogens with zero attached hydrogens (tertiary/aromatic N) is 1. The molecule has 0 aromatic heterocycles. The van der Waals surface area contributed by atoms with Crippen molar-refractivity contribution in [3.8, 4) is 5.75 Å². The van der Waals surface area contributed by atoms with Crippen molar-refractivity contribution in [2.45, 2.75) is 0 Å². The van der Waals surface area contributed by atoms with Gasteiger partial charge < -0.3 is 9.47 Å². The van der Waals surface area contributed by atoms with Gasteiger partial charge in [-0.05, 0) is 36.4 Å². The molecule has 0 aliphatic carbocycles. The predicted octanol–water partition coefficient (Wildman–Crippen LogP) is 2.50. The molecule has 3 nitrogen and oxygen atoms in total. The molecule has 1 aliphatic rings. The standard InChI is InChI=1S/C12H11NO2/c1-14-11-6-4-10(5-7-11)12-13-8-2-3-9-15-12/h2-9H,1H3. The first kappa shape index (κ1) is 9.52. The highest BCUT2D eigenvalue weighted by atomic mass is 16.5. The summed E-state index contributed by atoms with van der Waals surface area (Å²) in [4.78, 5) is 4.16. The smallest absolute Gasteiger partial charge is 0.225 e. The minimum Gasteiger partial charge on any atom is -0.497 e. The molecule has 0 N–H and O–H groups in total. The first-order chi connectivity index (χ1) is 7.40. The molecule has 1 aromatic rings. The van der Waals surface area contributed by atoms with E-state index in [-0.39, 0.29) is 0 Å². The Labute approximate surface area is 88.4 Å². The Bertz CT molecular complexity index is 416. The van der Waals surface area contributed by atoms with Crippen molar-refractivity contribution >= 4 is 5.90 Å². The lowest BCUT2D eigenvalue weighted by Gasteiger charge is -2.04. The van der Waals surface area contributed by atoms with Gasteiger partial charge >= 0.3 is 0 Å². The van der Waals surface area contributed by atoms with Gasteiger partial charge in [0, 0.05) is 11.8 Å². The van der Waals surface area contributed by atoms with Crippen LogP contribution in [0.4, 0.5) is 0 Å². The Morgan fingerprint density at radius 1 is 1.13 bits per heavy atom. The lowest BCUT2D eigenvalue weighted by Crippen LogP contribution is -2.01. The van der Waals surface area contributed by atoms with Crippen molar-refractivity contribution in [2.75, 3.05) is 7.11 Å². The highest BCUT2D eigenvalue weighted by molar-refractivity contribution is 5.95. The summed E-state index contributed by atoms with van der Waals surface area (Å²) in [6.07, 6.45) is 6.91. The second-order valence-electron chi connectivity index (χ2n) is 2.95. The third-order valence-electron chi connectivity index (χ3n) is 1.98. The molecule has 0 saturated carbocycles. The van der Waals surface area contributed by atoms with Gasteiger partial charge in [0.25, 0.3) is 0 Å². The summed E-state index contributed by atoms with van der Waals surface area (Å²) in [5.41, 5.74) is 0.923. The van der Waals surface area contributed by atoms with Crippen LogP contribution in [-0.2, 0) is 4.74 Å². The van der Waals surface area contributed by atoms with Gasteiger partial charge in [0.1, 0.15) is 5.75 Å². The molecule has 0 fully saturated rings. The van der Waals surface area contributed by atoms with Crippen molar-refractivity contribution in [1.29, 1.82) is 0 Å². The topological polar surface area (TPSA) is 30.8 Å². The summed E-state index contributed by atoms with van der Waals surface area (Å²) >= 11 is 0. The summed E-state index contributed by atoms with van der Waals surface area (Å²) < 4.78 is 10.4. The van der Waals surface area contributed by atoms with Crippen molar-refractivity contribution < 1.29 is 9.47 Å². The van der Waals surface area contributed by atoms with Crippen LogP contribution in [0, 0.1) is 0 Å². The molecular weight excluding hydrogens is 190 g/mol. The highest BCUT2D eigenvalue weighted by Gasteiger charge is 2.03. The zero-order chi connectivity index (χ0) is 10.5. The fraction of sp³-hybridized carbons (Fsp3) is 0.0833. The number of benzene rings is 1. The number of hydrogen-bond donors (Lipinski definition) is 0. The molecular formula is C12H11NO2. The van der Waals surface area contributed by atoms with E-state index in [1.54, 1.807) is 25.6 Å². The van der Waals surface area contributed by atoms with Crippen LogP contribution < -0.4 is 4.74 Å². The molecule has 2 rings (SSSR count). The maximum Gasteiger partial charge on any atom is 0.225 e. The molecule has 3 heteroatoms. The monoisotopic (exact) mass is 201 g/mol. The number of rotatable bonds is 2. The van der Waals surface area contributed by atoms with E-state index in [1.807, 2.05) is 30.3 Å². The maximum absolute atomic E-state index is 5.33. The van der Waals surface area contributed by atoms with Gasteiger partial charge in [0.05, 0.1) is 13.4 Å². The van der Waals surface area contributed by atoms with Crippen molar-refractivity contribution in [3.05, 3.63) is 54.4 Å². The van der Waals surface area contributed by atoms with Crippen molar-refractivity contribution in [2.24, 2.45) is 4.99 Å². The average molecular weight is 201 g/mol. The normalized spacial score (nSPS) is 14.1. The molecule has 0 unspecified atom stereocenters. The van der Waals surface area contributed by atoms with E-state index in [1.165, 1.54) is 0 Å². The number of methoxy groups -OCH3 is 1. The molecule has 0 amide bonds. The van der Waals surface area contributed by atoms with E-state index >= 15 is 0 Å². The Balaban J connectivity index is 2.25. The van der Waals surface area contributed by atoms with Crippen molar-refractivity contribution in [1.82, 2.24) is 0 Å². The average Bonchev–Trinajstić information content (AvgIpc) is 2.58. The lowest BCUT2D eigenvalue weighted by molar-refractivity contribution is 0.414. The van der Waals surface area contributed by atoms with Gasteiger partial charge in [-0.3, -0.25) is 0 Å². The summed E-state index contributed by atoms with van der Waals surface area (Å²) in [5, 5.41) is 0. The largest absolute Gasteiger partial charge is 0.497 e. The van der Waals surface area contributed by atoms with Crippen LogP contribution >= 0.6 is 0 Å². The van der Waals surface area contributed by atoms with Gasteiger partial charge in [-0.1, -0.05) is 0 Å². The molecule has 76 valence electrons. The molecule has 1 aliphatic heterocycles. The van der Waals surface area contributed by atoms with E-state index in [0.29, 0.717) is 5.90 Å². The number of hydrogen-bond acceptors (Lipinski definition) is 3. The van der Waals surface area contributed by atoms with Gasteiger partial charge in [-0.25, -0.2) is 4.99 Å². The third-order valence-corrected chi connectivity index (χ3v) is 1.98. The molecule has 0 bridgehead atoms. The molecule has 0 saturated heterocycles. The van der Waals surface area contributed by atoms with Gasteiger partial charge in [0.15, 0.2) is 0 Å². The Hall–Kier alpha value is -2.03. The van der Waals surface area contributed by atoms with Gasteiger partial charge in [0.2, 0.25) is 5.90 Å². The zero-order valence-corrected chi connectivity index (χ0v) is 8.38. The minimum absolute atomic E-state index is 0.586. The number of ether oxygens (including phenoxy) is 2. The van der Waals surface area contributed by atoms with Crippen LogP contribution in [0.1, 0.15) is 5.56 Å². The number of aliphatic imine (C=N–C) groups is 1. The van der Waals surface area contributed by atoms with Gasteiger partial charge in [-0.2, -0.15) is 0 Å². The molecule has 1 heterocycles. The van der Waals surface area contributed by atoms with Crippen LogP contribution in [-0.4, -0.2) is 13.0 Å². The maximum atomic E-state index is 5.33. The fourth-order valence-electron chi connectivity index (χ4n) is 1.22.